The van der Waals surface area contributed by atoms with Gasteiger partial charge in [-0.25, -0.2) is 4.79 Å². The Bertz CT molecular complexity index is 455. The average Bonchev–Trinajstić information content (AvgIpc) is 2.63. The normalized spacial score (nSPS) is 15.8. The van der Waals surface area contributed by atoms with E-state index >= 15 is 0 Å². The fourth-order valence-corrected chi connectivity index (χ4v) is 4.59. The average molecular weight is 408 g/mol. The van der Waals surface area contributed by atoms with Crippen LogP contribution in [0.25, 0.3) is 0 Å². The SMILES string of the molecule is CCOC(=O)CC1(CNC(=O)OCCSSCC(=O)OC)CCCCC1. The Kier molecular flexibility index (Phi) is 11.6. The quantitative estimate of drug-likeness (QED) is 0.242. The van der Waals surface area contributed by atoms with Crippen LogP contribution in [-0.4, -0.2) is 56.4 Å². The van der Waals surface area contributed by atoms with Gasteiger partial charge < -0.3 is 19.5 Å². The van der Waals surface area contributed by atoms with Crippen LogP contribution in [0.4, 0.5) is 4.79 Å². The molecule has 0 aromatic heterocycles. The molecule has 0 spiro atoms. The van der Waals surface area contributed by atoms with Gasteiger partial charge in [0.15, 0.2) is 0 Å². The molecule has 0 bridgehead atoms. The van der Waals surface area contributed by atoms with Crippen LogP contribution in [-0.2, 0) is 23.8 Å². The van der Waals surface area contributed by atoms with Crippen molar-refractivity contribution < 1.29 is 28.6 Å². The van der Waals surface area contributed by atoms with Crippen LogP contribution in [0.2, 0.25) is 0 Å². The number of alkyl carbamates (subject to hydrolysis) is 1. The van der Waals surface area contributed by atoms with E-state index in [9.17, 15) is 14.4 Å². The third-order valence-electron chi connectivity index (χ3n) is 4.23. The summed E-state index contributed by atoms with van der Waals surface area (Å²) in [6, 6.07) is 0. The molecule has 0 unspecified atom stereocenters. The lowest BCUT2D eigenvalue weighted by Crippen LogP contribution is -2.41. The number of hydrogen-bond acceptors (Lipinski definition) is 8. The van der Waals surface area contributed by atoms with Crippen molar-refractivity contribution in [3.8, 4) is 0 Å². The van der Waals surface area contributed by atoms with Gasteiger partial charge in [0.05, 0.1) is 20.1 Å². The largest absolute Gasteiger partial charge is 0.468 e. The van der Waals surface area contributed by atoms with Crippen molar-refractivity contribution in [3.63, 3.8) is 0 Å². The number of esters is 2. The number of nitrogens with one attached hydrogen (secondary N) is 1. The van der Waals surface area contributed by atoms with E-state index in [2.05, 4.69) is 10.1 Å². The molecule has 1 saturated carbocycles. The summed E-state index contributed by atoms with van der Waals surface area (Å²) in [4.78, 5) is 34.7. The van der Waals surface area contributed by atoms with Crippen molar-refractivity contribution in [1.82, 2.24) is 5.32 Å². The number of amides is 1. The zero-order valence-electron chi connectivity index (χ0n) is 15.5. The lowest BCUT2D eigenvalue weighted by atomic mass is 9.72. The van der Waals surface area contributed by atoms with Crippen LogP contribution in [0, 0.1) is 5.41 Å². The monoisotopic (exact) mass is 407 g/mol. The highest BCUT2D eigenvalue weighted by Gasteiger charge is 2.35. The Hall–Kier alpha value is -1.09. The Labute approximate surface area is 163 Å². The summed E-state index contributed by atoms with van der Waals surface area (Å²) in [7, 11) is 4.16. The first-order chi connectivity index (χ1) is 12.5. The molecular formula is C17H29NO6S2. The van der Waals surface area contributed by atoms with Crippen molar-refractivity contribution in [2.75, 3.05) is 38.4 Å². The van der Waals surface area contributed by atoms with Crippen molar-refractivity contribution in [2.24, 2.45) is 5.41 Å². The van der Waals surface area contributed by atoms with Crippen LogP contribution in [0.3, 0.4) is 0 Å². The molecule has 0 atom stereocenters. The number of carbonyl (C=O) groups excluding carboxylic acids is 3. The van der Waals surface area contributed by atoms with Gasteiger partial charge in [0.1, 0.15) is 12.4 Å². The zero-order valence-corrected chi connectivity index (χ0v) is 17.2. The summed E-state index contributed by atoms with van der Waals surface area (Å²) in [6.45, 7) is 2.85. The minimum Gasteiger partial charge on any atom is -0.468 e. The number of ether oxygens (including phenoxy) is 3. The van der Waals surface area contributed by atoms with E-state index in [4.69, 9.17) is 9.47 Å². The molecule has 26 heavy (non-hydrogen) atoms. The summed E-state index contributed by atoms with van der Waals surface area (Å²) in [5.41, 5.74) is -0.228. The predicted molar refractivity (Wildman–Crippen MR) is 103 cm³/mol. The maximum absolute atomic E-state index is 11.9. The van der Waals surface area contributed by atoms with Gasteiger partial charge in [-0.2, -0.15) is 0 Å². The second-order valence-corrected chi connectivity index (χ2v) is 8.77. The van der Waals surface area contributed by atoms with E-state index in [1.807, 2.05) is 0 Å². The van der Waals surface area contributed by atoms with E-state index < -0.39 is 6.09 Å². The highest BCUT2D eigenvalue weighted by Crippen LogP contribution is 2.39. The number of carbonyl (C=O) groups is 3. The van der Waals surface area contributed by atoms with Gasteiger partial charge in [-0.3, -0.25) is 9.59 Å². The number of methoxy groups -OCH3 is 1. The van der Waals surface area contributed by atoms with Gasteiger partial charge in [-0.15, -0.1) is 0 Å². The Morgan fingerprint density at radius 1 is 1.04 bits per heavy atom. The maximum Gasteiger partial charge on any atom is 0.407 e. The molecule has 1 aliphatic rings. The van der Waals surface area contributed by atoms with Gasteiger partial charge in [0.2, 0.25) is 0 Å². The fourth-order valence-electron chi connectivity index (χ4n) is 2.92. The van der Waals surface area contributed by atoms with E-state index in [0.717, 1.165) is 32.1 Å². The minimum absolute atomic E-state index is 0.205. The molecule has 0 aromatic carbocycles. The second-order valence-electron chi connectivity index (χ2n) is 6.19. The van der Waals surface area contributed by atoms with Crippen LogP contribution in [0.15, 0.2) is 0 Å². The third kappa shape index (κ3) is 9.56. The molecule has 0 saturated heterocycles. The van der Waals surface area contributed by atoms with Crippen molar-refractivity contribution >= 4 is 39.6 Å². The number of rotatable bonds is 11. The summed E-state index contributed by atoms with van der Waals surface area (Å²) >= 11 is 0. The van der Waals surface area contributed by atoms with Gasteiger partial charge in [-0.1, -0.05) is 40.9 Å². The van der Waals surface area contributed by atoms with Crippen LogP contribution in [0.1, 0.15) is 45.4 Å². The van der Waals surface area contributed by atoms with E-state index in [0.29, 0.717) is 25.3 Å². The van der Waals surface area contributed by atoms with Gasteiger partial charge in [0.25, 0.3) is 0 Å². The molecule has 150 valence electrons. The molecule has 0 radical (unpaired) electrons. The minimum atomic E-state index is -0.475. The Morgan fingerprint density at radius 2 is 1.77 bits per heavy atom. The molecule has 0 aliphatic heterocycles. The van der Waals surface area contributed by atoms with E-state index in [-0.39, 0.29) is 29.7 Å². The topological polar surface area (TPSA) is 90.9 Å². The van der Waals surface area contributed by atoms with Crippen LogP contribution < -0.4 is 5.32 Å². The molecule has 0 aromatic rings. The molecule has 0 heterocycles. The smallest absolute Gasteiger partial charge is 0.407 e. The first-order valence-electron chi connectivity index (χ1n) is 8.89. The maximum atomic E-state index is 11.9. The fraction of sp³-hybridized carbons (Fsp3) is 0.824. The lowest BCUT2D eigenvalue weighted by Gasteiger charge is -2.36. The first kappa shape index (κ1) is 23.0. The molecule has 7 nitrogen and oxygen atoms in total. The van der Waals surface area contributed by atoms with Crippen molar-refractivity contribution in [1.29, 1.82) is 0 Å². The first-order valence-corrected chi connectivity index (χ1v) is 11.4. The second kappa shape index (κ2) is 13.1. The summed E-state index contributed by atoms with van der Waals surface area (Å²) in [6.07, 6.45) is 4.96. The van der Waals surface area contributed by atoms with E-state index in [1.165, 1.54) is 28.7 Å². The van der Waals surface area contributed by atoms with Gasteiger partial charge in [0, 0.05) is 12.3 Å². The van der Waals surface area contributed by atoms with Crippen LogP contribution in [0.5, 0.6) is 0 Å². The highest BCUT2D eigenvalue weighted by molar-refractivity contribution is 8.76. The molecule has 1 rings (SSSR count). The number of hydrogen-bond donors (Lipinski definition) is 1. The Morgan fingerprint density at radius 3 is 2.42 bits per heavy atom. The van der Waals surface area contributed by atoms with Crippen molar-refractivity contribution in [3.05, 3.63) is 0 Å². The summed E-state index contributed by atoms with van der Waals surface area (Å²) in [5.74, 6) is 0.372. The van der Waals surface area contributed by atoms with Crippen LogP contribution >= 0.6 is 21.6 Å². The molecule has 9 heteroatoms. The molecule has 1 amide bonds. The molecule has 1 aliphatic carbocycles. The molecule has 1 fully saturated rings. The summed E-state index contributed by atoms with van der Waals surface area (Å²) in [5, 5.41) is 2.80. The van der Waals surface area contributed by atoms with Gasteiger partial charge >= 0.3 is 18.0 Å². The molecular weight excluding hydrogens is 378 g/mol. The summed E-state index contributed by atoms with van der Waals surface area (Å²) < 4.78 is 14.8. The standard InChI is InChI=1S/C17H29NO6S2/c1-3-23-14(19)11-17(7-5-4-6-8-17)13-18-16(21)24-9-10-25-26-12-15(20)22-2/h3-13H2,1-2H3,(H,18,21). The Balaban J connectivity index is 2.26. The third-order valence-corrected chi connectivity index (χ3v) is 6.44. The van der Waals surface area contributed by atoms with E-state index in [1.54, 1.807) is 6.92 Å². The predicted octanol–water partition coefficient (Wildman–Crippen LogP) is 3.17. The van der Waals surface area contributed by atoms with Crippen molar-refractivity contribution in [2.45, 2.75) is 45.4 Å². The molecule has 1 N–H and O–H groups in total. The lowest BCUT2D eigenvalue weighted by molar-refractivity contribution is -0.146. The zero-order chi connectivity index (χ0) is 19.3. The highest BCUT2D eigenvalue weighted by atomic mass is 33.1. The van der Waals surface area contributed by atoms with Gasteiger partial charge in [-0.05, 0) is 25.2 Å².